The van der Waals surface area contributed by atoms with Crippen molar-refractivity contribution in [2.75, 3.05) is 0 Å². The maximum atomic E-state index is 12.6. The van der Waals surface area contributed by atoms with E-state index in [9.17, 15) is 9.18 Å². The Morgan fingerprint density at radius 3 is 2.55 bits per heavy atom. The minimum Gasteiger partial charge on any atom is -0.303 e. The molecule has 0 aromatic heterocycles. The molecule has 0 unspecified atom stereocenters. The van der Waals surface area contributed by atoms with Crippen LogP contribution in [0, 0.1) is 0 Å². The third-order valence-electron chi connectivity index (χ3n) is 1.42. The fourth-order valence-corrected chi connectivity index (χ4v) is 0.691. The van der Waals surface area contributed by atoms with Crippen molar-refractivity contribution in [3.63, 3.8) is 0 Å². The quantitative estimate of drug-likeness (QED) is 0.452. The SMILES string of the molecule is C/C=C(F)\C=C(/CC)CC=O. The summed E-state index contributed by atoms with van der Waals surface area (Å²) < 4.78 is 12.6. The van der Waals surface area contributed by atoms with E-state index in [-0.39, 0.29) is 5.83 Å². The number of hydrogen-bond acceptors (Lipinski definition) is 1. The highest BCUT2D eigenvalue weighted by molar-refractivity contribution is 5.54. The van der Waals surface area contributed by atoms with Gasteiger partial charge in [-0.25, -0.2) is 4.39 Å². The molecule has 0 saturated heterocycles. The van der Waals surface area contributed by atoms with Gasteiger partial charge in [0.15, 0.2) is 0 Å². The summed E-state index contributed by atoms with van der Waals surface area (Å²) in [6.07, 6.45) is 4.63. The summed E-state index contributed by atoms with van der Waals surface area (Å²) in [4.78, 5) is 10.1. The lowest BCUT2D eigenvalue weighted by molar-refractivity contribution is -0.107. The molecule has 0 amide bonds. The number of halogens is 1. The van der Waals surface area contributed by atoms with Gasteiger partial charge < -0.3 is 4.79 Å². The molecule has 0 aromatic rings. The van der Waals surface area contributed by atoms with Gasteiger partial charge in [0.05, 0.1) is 0 Å². The molecule has 0 spiro atoms. The molecule has 0 atom stereocenters. The van der Waals surface area contributed by atoms with Gasteiger partial charge in [-0.05, 0) is 19.4 Å². The summed E-state index contributed by atoms with van der Waals surface area (Å²) in [5, 5.41) is 0. The molecule has 1 nitrogen and oxygen atoms in total. The summed E-state index contributed by atoms with van der Waals surface area (Å²) in [5.41, 5.74) is 0.829. The van der Waals surface area contributed by atoms with E-state index >= 15 is 0 Å². The van der Waals surface area contributed by atoms with Gasteiger partial charge in [0.2, 0.25) is 0 Å². The summed E-state index contributed by atoms with van der Waals surface area (Å²) >= 11 is 0. The lowest BCUT2D eigenvalue weighted by Gasteiger charge is -1.96. The normalized spacial score (nSPS) is 13.4. The molecule has 0 heterocycles. The molecule has 62 valence electrons. The monoisotopic (exact) mass is 156 g/mol. The minimum atomic E-state index is -0.274. The molecule has 0 bridgehead atoms. The van der Waals surface area contributed by atoms with Crippen LogP contribution in [0.5, 0.6) is 0 Å². The maximum Gasteiger partial charge on any atom is 0.124 e. The predicted molar refractivity (Wildman–Crippen MR) is 43.9 cm³/mol. The number of aldehydes is 1. The largest absolute Gasteiger partial charge is 0.303 e. The molecule has 0 aliphatic rings. The number of rotatable bonds is 4. The van der Waals surface area contributed by atoms with Gasteiger partial charge in [-0.2, -0.15) is 0 Å². The van der Waals surface area contributed by atoms with Crippen LogP contribution in [0.2, 0.25) is 0 Å². The second-order valence-electron chi connectivity index (χ2n) is 2.20. The fraction of sp³-hybridized carbons (Fsp3) is 0.444. The summed E-state index contributed by atoms with van der Waals surface area (Å²) in [7, 11) is 0. The molecule has 0 aromatic carbocycles. The molecule has 0 fully saturated rings. The molecular formula is C9H13FO. The first-order valence-electron chi connectivity index (χ1n) is 3.69. The first-order chi connectivity index (χ1) is 5.24. The smallest absolute Gasteiger partial charge is 0.124 e. The van der Waals surface area contributed by atoms with E-state index in [1.165, 1.54) is 12.2 Å². The molecule has 0 aliphatic heterocycles. The zero-order valence-corrected chi connectivity index (χ0v) is 6.93. The van der Waals surface area contributed by atoms with Crippen LogP contribution in [-0.4, -0.2) is 6.29 Å². The zero-order chi connectivity index (χ0) is 8.69. The van der Waals surface area contributed by atoms with Gasteiger partial charge in [-0.15, -0.1) is 0 Å². The molecular weight excluding hydrogens is 143 g/mol. The maximum absolute atomic E-state index is 12.6. The minimum absolute atomic E-state index is 0.274. The van der Waals surface area contributed by atoms with Crippen LogP contribution < -0.4 is 0 Å². The van der Waals surface area contributed by atoms with Crippen molar-refractivity contribution >= 4 is 6.29 Å². The lowest BCUT2D eigenvalue weighted by Crippen LogP contribution is -1.82. The van der Waals surface area contributed by atoms with Gasteiger partial charge in [-0.3, -0.25) is 0 Å². The van der Waals surface area contributed by atoms with E-state index < -0.39 is 0 Å². The summed E-state index contributed by atoms with van der Waals surface area (Å²) in [6, 6.07) is 0. The third-order valence-corrected chi connectivity index (χ3v) is 1.42. The summed E-state index contributed by atoms with van der Waals surface area (Å²) in [6.45, 7) is 3.53. The Labute approximate surface area is 66.6 Å². The van der Waals surface area contributed by atoms with Crippen molar-refractivity contribution in [3.8, 4) is 0 Å². The van der Waals surface area contributed by atoms with Crippen molar-refractivity contribution in [1.82, 2.24) is 0 Å². The zero-order valence-electron chi connectivity index (χ0n) is 6.93. The Morgan fingerprint density at radius 2 is 2.18 bits per heavy atom. The van der Waals surface area contributed by atoms with Gasteiger partial charge in [0, 0.05) is 6.42 Å². The average molecular weight is 156 g/mol. The van der Waals surface area contributed by atoms with Crippen LogP contribution >= 0.6 is 0 Å². The second kappa shape index (κ2) is 5.83. The van der Waals surface area contributed by atoms with Crippen molar-refractivity contribution in [1.29, 1.82) is 0 Å². The van der Waals surface area contributed by atoms with E-state index in [1.807, 2.05) is 6.92 Å². The summed E-state index contributed by atoms with van der Waals surface area (Å²) in [5.74, 6) is -0.274. The van der Waals surface area contributed by atoms with Crippen LogP contribution in [0.4, 0.5) is 4.39 Å². The van der Waals surface area contributed by atoms with E-state index in [0.29, 0.717) is 6.42 Å². The van der Waals surface area contributed by atoms with Gasteiger partial charge >= 0.3 is 0 Å². The topological polar surface area (TPSA) is 17.1 Å². The van der Waals surface area contributed by atoms with E-state index in [4.69, 9.17) is 0 Å². The molecule has 11 heavy (non-hydrogen) atoms. The van der Waals surface area contributed by atoms with E-state index in [1.54, 1.807) is 6.92 Å². The van der Waals surface area contributed by atoms with Crippen molar-refractivity contribution < 1.29 is 9.18 Å². The van der Waals surface area contributed by atoms with Crippen LogP contribution in [0.25, 0.3) is 0 Å². The highest BCUT2D eigenvalue weighted by Gasteiger charge is 1.94. The van der Waals surface area contributed by atoms with Crippen LogP contribution in [-0.2, 0) is 4.79 Å². The van der Waals surface area contributed by atoms with Gasteiger partial charge in [-0.1, -0.05) is 18.6 Å². The first-order valence-corrected chi connectivity index (χ1v) is 3.69. The van der Waals surface area contributed by atoms with Crippen LogP contribution in [0.15, 0.2) is 23.6 Å². The van der Waals surface area contributed by atoms with Gasteiger partial charge in [0.1, 0.15) is 12.1 Å². The first kappa shape index (κ1) is 10.1. The highest BCUT2D eigenvalue weighted by Crippen LogP contribution is 2.09. The van der Waals surface area contributed by atoms with E-state index in [0.717, 1.165) is 18.3 Å². The Morgan fingerprint density at radius 1 is 1.55 bits per heavy atom. The predicted octanol–water partition coefficient (Wildman–Crippen LogP) is 2.79. The average Bonchev–Trinajstić information content (AvgIpc) is 2.03. The standard InChI is InChI=1S/C9H13FO/c1-3-8(5-6-11)7-9(10)4-2/h4,6-7H,3,5H2,1-2H3/b8-7+,9-4+. The number of carbonyl (C=O) groups is 1. The Balaban J connectivity index is 4.21. The van der Waals surface area contributed by atoms with Crippen LogP contribution in [0.3, 0.4) is 0 Å². The lowest BCUT2D eigenvalue weighted by atomic mass is 10.1. The van der Waals surface area contributed by atoms with E-state index in [2.05, 4.69) is 0 Å². The van der Waals surface area contributed by atoms with Crippen LogP contribution in [0.1, 0.15) is 26.7 Å². The second-order valence-corrected chi connectivity index (χ2v) is 2.20. The van der Waals surface area contributed by atoms with Crippen molar-refractivity contribution in [3.05, 3.63) is 23.6 Å². The Kier molecular flexibility index (Phi) is 5.35. The molecule has 0 saturated carbocycles. The number of carbonyl (C=O) groups excluding carboxylic acids is 1. The van der Waals surface area contributed by atoms with Crippen molar-refractivity contribution in [2.24, 2.45) is 0 Å². The fourth-order valence-electron chi connectivity index (χ4n) is 0.691. The molecule has 0 radical (unpaired) electrons. The number of allylic oxidation sites excluding steroid dienone is 4. The Hall–Kier alpha value is -0.920. The highest BCUT2D eigenvalue weighted by atomic mass is 19.1. The molecule has 0 aliphatic carbocycles. The van der Waals surface area contributed by atoms with Gasteiger partial charge in [0.25, 0.3) is 0 Å². The number of hydrogen-bond donors (Lipinski definition) is 0. The molecule has 2 heteroatoms. The third kappa shape index (κ3) is 4.48. The Bertz CT molecular complexity index is 180. The molecule has 0 N–H and O–H groups in total. The molecule has 0 rings (SSSR count). The van der Waals surface area contributed by atoms with Crippen molar-refractivity contribution in [2.45, 2.75) is 26.7 Å².